The van der Waals surface area contributed by atoms with Gasteiger partial charge in [-0.05, 0) is 17.8 Å². The van der Waals surface area contributed by atoms with Gasteiger partial charge in [0.05, 0.1) is 18.7 Å². The number of ketones is 1. The van der Waals surface area contributed by atoms with Crippen LogP contribution in [0, 0.1) is 10.8 Å². The second-order valence-corrected chi connectivity index (χ2v) is 8.86. The molecule has 0 aromatic heterocycles. The standard InChI is InChI=1S/C19H30N2O6/c1-11(15-13(22)7-19(5,6)8-14(15)23)20-9-12(16(24)25)21-17(26)27-10-18(2,3)4/h12,22H,7-10H2,1-6H3,(H,21,26)(H,24,25). The number of nitrogens with one attached hydrogen (secondary N) is 1. The summed E-state index contributed by atoms with van der Waals surface area (Å²) in [6, 6.07) is -1.30. The molecular weight excluding hydrogens is 352 g/mol. The van der Waals surface area contributed by atoms with E-state index in [9.17, 15) is 24.6 Å². The van der Waals surface area contributed by atoms with Crippen molar-refractivity contribution in [3.63, 3.8) is 0 Å². The lowest BCUT2D eigenvalue weighted by molar-refractivity contribution is -0.139. The van der Waals surface area contributed by atoms with E-state index >= 15 is 0 Å². The van der Waals surface area contributed by atoms with E-state index in [1.54, 1.807) is 6.92 Å². The molecule has 27 heavy (non-hydrogen) atoms. The highest BCUT2D eigenvalue weighted by Crippen LogP contribution is 2.36. The number of hydrogen-bond donors (Lipinski definition) is 3. The zero-order chi connectivity index (χ0) is 21.0. The largest absolute Gasteiger partial charge is 0.511 e. The first-order valence-electron chi connectivity index (χ1n) is 8.85. The van der Waals surface area contributed by atoms with Gasteiger partial charge in [-0.2, -0.15) is 0 Å². The normalized spacial score (nSPS) is 18.9. The topological polar surface area (TPSA) is 125 Å². The van der Waals surface area contributed by atoms with Crippen molar-refractivity contribution >= 4 is 23.6 Å². The van der Waals surface area contributed by atoms with Gasteiger partial charge in [-0.1, -0.05) is 34.6 Å². The number of alkyl carbamates (subject to hydrolysis) is 1. The lowest BCUT2D eigenvalue weighted by atomic mass is 9.76. The zero-order valence-electron chi connectivity index (χ0n) is 16.9. The molecule has 152 valence electrons. The zero-order valence-corrected chi connectivity index (χ0v) is 16.9. The molecule has 0 radical (unpaired) electrons. The second kappa shape index (κ2) is 8.54. The quantitative estimate of drug-likeness (QED) is 0.607. The van der Waals surface area contributed by atoms with Crippen LogP contribution < -0.4 is 5.32 Å². The van der Waals surface area contributed by atoms with Crippen molar-refractivity contribution in [3.8, 4) is 0 Å². The van der Waals surface area contributed by atoms with E-state index in [-0.39, 0.29) is 53.2 Å². The average Bonchev–Trinajstić information content (AvgIpc) is 2.46. The number of allylic oxidation sites excluding steroid dienone is 2. The van der Waals surface area contributed by atoms with Gasteiger partial charge in [0.2, 0.25) is 0 Å². The monoisotopic (exact) mass is 382 g/mol. The third kappa shape index (κ3) is 7.40. The molecular formula is C19H30N2O6. The van der Waals surface area contributed by atoms with Crippen LogP contribution in [0.15, 0.2) is 16.3 Å². The number of Topliss-reactive ketones (excluding diaryl/α,β-unsaturated/α-hetero) is 1. The number of aliphatic imine (C=N–C) groups is 1. The van der Waals surface area contributed by atoms with Crippen molar-refractivity contribution in [3.05, 3.63) is 11.3 Å². The number of aliphatic hydroxyl groups is 1. The first-order chi connectivity index (χ1) is 12.2. The van der Waals surface area contributed by atoms with Gasteiger partial charge < -0.3 is 20.3 Å². The van der Waals surface area contributed by atoms with E-state index in [1.165, 1.54) is 0 Å². The highest BCUT2D eigenvalue weighted by molar-refractivity contribution is 6.22. The van der Waals surface area contributed by atoms with Crippen LogP contribution in [0.25, 0.3) is 0 Å². The Kier molecular flexibility index (Phi) is 7.17. The molecule has 0 heterocycles. The highest BCUT2D eigenvalue weighted by atomic mass is 16.5. The number of carbonyl (C=O) groups excluding carboxylic acids is 2. The maximum atomic E-state index is 12.3. The molecule has 8 heteroatoms. The molecule has 0 aromatic carbocycles. The summed E-state index contributed by atoms with van der Waals surface area (Å²) in [4.78, 5) is 39.5. The minimum absolute atomic E-state index is 0.0399. The summed E-state index contributed by atoms with van der Waals surface area (Å²) < 4.78 is 5.00. The number of nitrogens with zero attached hydrogens (tertiary/aromatic N) is 1. The summed E-state index contributed by atoms with van der Waals surface area (Å²) >= 11 is 0. The fourth-order valence-electron chi connectivity index (χ4n) is 2.66. The second-order valence-electron chi connectivity index (χ2n) is 8.86. The predicted octanol–water partition coefficient (Wildman–Crippen LogP) is 2.87. The summed E-state index contributed by atoms with van der Waals surface area (Å²) in [6.45, 7) is 10.8. The Morgan fingerprint density at radius 3 is 2.37 bits per heavy atom. The molecule has 0 fully saturated rings. The third-order valence-corrected chi connectivity index (χ3v) is 3.95. The number of carboxylic acids is 1. The molecule has 1 aliphatic rings. The van der Waals surface area contributed by atoms with Crippen LogP contribution in [0.3, 0.4) is 0 Å². The van der Waals surface area contributed by atoms with Gasteiger partial charge in [0.15, 0.2) is 5.78 Å². The maximum Gasteiger partial charge on any atom is 0.407 e. The number of aliphatic carboxylic acids is 1. The van der Waals surface area contributed by atoms with E-state index < -0.39 is 18.1 Å². The number of carbonyl (C=O) groups is 3. The molecule has 0 spiro atoms. The van der Waals surface area contributed by atoms with E-state index in [4.69, 9.17) is 4.74 Å². The van der Waals surface area contributed by atoms with Crippen molar-refractivity contribution in [2.45, 2.75) is 60.4 Å². The Labute approximate surface area is 159 Å². The molecule has 0 saturated heterocycles. The Morgan fingerprint density at radius 1 is 1.30 bits per heavy atom. The number of carboxylic acid groups (broad SMARTS) is 1. The molecule has 1 amide bonds. The lowest BCUT2D eigenvalue weighted by Crippen LogP contribution is -2.44. The van der Waals surface area contributed by atoms with Crippen molar-refractivity contribution in [1.82, 2.24) is 5.32 Å². The van der Waals surface area contributed by atoms with Crippen LogP contribution in [-0.2, 0) is 14.3 Å². The van der Waals surface area contributed by atoms with E-state index in [0.717, 1.165) is 0 Å². The molecule has 1 atom stereocenters. The molecule has 0 saturated carbocycles. The average molecular weight is 382 g/mol. The summed E-state index contributed by atoms with van der Waals surface area (Å²) in [5.74, 6) is -1.54. The van der Waals surface area contributed by atoms with E-state index in [1.807, 2.05) is 34.6 Å². The summed E-state index contributed by atoms with van der Waals surface area (Å²) in [7, 11) is 0. The molecule has 1 rings (SSSR count). The number of hydrogen-bond acceptors (Lipinski definition) is 6. The number of rotatable bonds is 6. The van der Waals surface area contributed by atoms with Crippen LogP contribution in [0.2, 0.25) is 0 Å². The molecule has 0 aliphatic heterocycles. The van der Waals surface area contributed by atoms with Gasteiger partial charge in [0.25, 0.3) is 0 Å². The third-order valence-electron chi connectivity index (χ3n) is 3.95. The fraction of sp³-hybridized carbons (Fsp3) is 0.684. The lowest BCUT2D eigenvalue weighted by Gasteiger charge is -2.29. The van der Waals surface area contributed by atoms with E-state index in [2.05, 4.69) is 10.3 Å². The number of ether oxygens (including phenoxy) is 1. The van der Waals surface area contributed by atoms with Crippen LogP contribution in [0.5, 0.6) is 0 Å². The smallest absolute Gasteiger partial charge is 0.407 e. The number of aliphatic hydroxyl groups excluding tert-OH is 1. The molecule has 1 unspecified atom stereocenters. The summed E-state index contributed by atoms with van der Waals surface area (Å²) in [5, 5.41) is 21.7. The van der Waals surface area contributed by atoms with Crippen molar-refractivity contribution in [2.75, 3.05) is 13.2 Å². The van der Waals surface area contributed by atoms with Crippen LogP contribution >= 0.6 is 0 Å². The summed E-state index contributed by atoms with van der Waals surface area (Å²) in [5.41, 5.74) is -0.186. The first kappa shape index (κ1) is 22.7. The summed E-state index contributed by atoms with van der Waals surface area (Å²) in [6.07, 6.45) is -0.220. The van der Waals surface area contributed by atoms with Crippen LogP contribution in [0.4, 0.5) is 4.79 Å². The molecule has 0 aromatic rings. The molecule has 8 nitrogen and oxygen atoms in total. The van der Waals surface area contributed by atoms with Crippen molar-refractivity contribution in [2.24, 2.45) is 15.8 Å². The number of amides is 1. The SMILES string of the molecule is CC(=NCC(NC(=O)OCC(C)(C)C)C(=O)O)C1=C(O)CC(C)(C)CC1=O. The maximum absolute atomic E-state index is 12.3. The minimum Gasteiger partial charge on any atom is -0.511 e. The Balaban J connectivity index is 2.82. The molecule has 1 aliphatic carbocycles. The first-order valence-corrected chi connectivity index (χ1v) is 8.85. The van der Waals surface area contributed by atoms with Gasteiger partial charge in [-0.3, -0.25) is 9.79 Å². The fourth-order valence-corrected chi connectivity index (χ4v) is 2.66. The van der Waals surface area contributed by atoms with Crippen molar-refractivity contribution < 1.29 is 29.3 Å². The Bertz CT molecular complexity index is 670. The van der Waals surface area contributed by atoms with Crippen LogP contribution in [0.1, 0.15) is 54.4 Å². The Morgan fingerprint density at radius 2 is 1.89 bits per heavy atom. The van der Waals surface area contributed by atoms with E-state index in [0.29, 0.717) is 6.42 Å². The van der Waals surface area contributed by atoms with Gasteiger partial charge >= 0.3 is 12.1 Å². The van der Waals surface area contributed by atoms with Crippen LogP contribution in [-0.4, -0.2) is 53.0 Å². The Hall–Kier alpha value is -2.38. The van der Waals surface area contributed by atoms with Crippen molar-refractivity contribution in [1.29, 1.82) is 0 Å². The van der Waals surface area contributed by atoms with Gasteiger partial charge in [0.1, 0.15) is 11.8 Å². The van der Waals surface area contributed by atoms with Gasteiger partial charge in [-0.15, -0.1) is 0 Å². The molecule has 0 bridgehead atoms. The minimum atomic E-state index is -1.30. The highest BCUT2D eigenvalue weighted by Gasteiger charge is 2.34. The van der Waals surface area contributed by atoms with Gasteiger partial charge in [0, 0.05) is 18.6 Å². The molecule has 3 N–H and O–H groups in total. The van der Waals surface area contributed by atoms with Gasteiger partial charge in [-0.25, -0.2) is 9.59 Å². The predicted molar refractivity (Wildman–Crippen MR) is 101 cm³/mol.